The van der Waals surface area contributed by atoms with Crippen LogP contribution in [-0.4, -0.2) is 21.5 Å². The van der Waals surface area contributed by atoms with Crippen molar-refractivity contribution in [1.29, 1.82) is 0 Å². The number of hydrogen-bond donors (Lipinski definition) is 0. The van der Waals surface area contributed by atoms with Gasteiger partial charge in [0.05, 0.1) is 23.1 Å². The monoisotopic (exact) mass is 579 g/mol. The van der Waals surface area contributed by atoms with Crippen LogP contribution in [0.25, 0.3) is 43.6 Å². The van der Waals surface area contributed by atoms with E-state index in [0.29, 0.717) is 6.54 Å². The van der Waals surface area contributed by atoms with E-state index in [9.17, 15) is 0 Å². The summed E-state index contributed by atoms with van der Waals surface area (Å²) in [5, 5.41) is 5.05. The maximum Gasteiger partial charge on any atom is 0.132 e. The van der Waals surface area contributed by atoms with Gasteiger partial charge in [0.2, 0.25) is 0 Å². The lowest BCUT2D eigenvalue weighted by atomic mass is 9.86. The molecular weight excluding hydrogens is 534 g/mol. The molecule has 2 aromatic heterocycles. The Labute approximate surface area is 262 Å². The Bertz CT molecular complexity index is 2070. The van der Waals surface area contributed by atoms with Crippen molar-refractivity contribution in [3.8, 4) is 0 Å². The average Bonchev–Trinajstić information content (AvgIpc) is 3.44. The van der Waals surface area contributed by atoms with Crippen molar-refractivity contribution in [2.45, 2.75) is 65.2 Å². The van der Waals surface area contributed by atoms with Gasteiger partial charge in [0.15, 0.2) is 0 Å². The third-order valence-corrected chi connectivity index (χ3v) is 8.97. The molecule has 6 rings (SSSR count). The molecule has 0 bridgehead atoms. The average molecular weight is 580 g/mol. The van der Waals surface area contributed by atoms with Crippen molar-refractivity contribution < 1.29 is 0 Å². The van der Waals surface area contributed by atoms with Crippen molar-refractivity contribution in [3.63, 3.8) is 0 Å². The number of rotatable bonds is 4. The molecule has 0 atom stereocenters. The van der Waals surface area contributed by atoms with E-state index in [1.54, 1.807) is 0 Å². The highest BCUT2D eigenvalue weighted by molar-refractivity contribution is 6.28. The Morgan fingerprint density at radius 1 is 0.818 bits per heavy atom. The molecule has 0 unspecified atom stereocenters. The Kier molecular flexibility index (Phi) is 7.61. The highest BCUT2D eigenvalue weighted by Crippen LogP contribution is 2.41. The summed E-state index contributed by atoms with van der Waals surface area (Å²) in [5.74, 6) is 0.917. The number of aryl methyl sites for hydroxylation is 1. The Morgan fingerprint density at radius 2 is 1.52 bits per heavy atom. The topological polar surface area (TPSA) is 22.2 Å². The van der Waals surface area contributed by atoms with Crippen molar-refractivity contribution in [3.05, 3.63) is 120 Å². The van der Waals surface area contributed by atoms with Gasteiger partial charge in [-0.25, -0.2) is 0 Å². The quantitative estimate of drug-likeness (QED) is 0.0874. The maximum absolute atomic E-state index is 5.31. The van der Waals surface area contributed by atoms with E-state index >= 15 is 0 Å². The zero-order valence-corrected chi connectivity index (χ0v) is 27.4. The van der Waals surface area contributed by atoms with Crippen molar-refractivity contribution >= 4 is 49.4 Å². The van der Waals surface area contributed by atoms with Gasteiger partial charge in [0, 0.05) is 34.1 Å². The van der Waals surface area contributed by atoms with Crippen LogP contribution < -0.4 is 0 Å². The standard InChI is InChI=1S/C41H45N3/c1-9-10-18-37(42-27-28-16-14-12-11-13-15-17-28)44-34-23-20-29(40(2,3)4)25-33(34)31-22-24-35-38(39(31)44)32-21-19-30(41(5,6)7)26-36(32)43(35)8/h9-10,12-16,18-26H,1,11,17,27H2,2-8H3/b14-12-,15-13?,18-10-,28-16+,42-37?. The first-order valence-electron chi connectivity index (χ1n) is 15.8. The second-order valence-electron chi connectivity index (χ2n) is 14.1. The smallest absolute Gasteiger partial charge is 0.132 e. The van der Waals surface area contributed by atoms with Crippen LogP contribution in [0.3, 0.4) is 0 Å². The normalized spacial score (nSPS) is 17.1. The molecule has 3 heteroatoms. The van der Waals surface area contributed by atoms with Crippen LogP contribution in [0.1, 0.15) is 65.5 Å². The molecule has 0 spiro atoms. The van der Waals surface area contributed by atoms with Crippen LogP contribution in [0.5, 0.6) is 0 Å². The summed E-state index contributed by atoms with van der Waals surface area (Å²) in [4.78, 5) is 5.31. The molecule has 1 aliphatic carbocycles. The minimum absolute atomic E-state index is 0.0426. The summed E-state index contributed by atoms with van der Waals surface area (Å²) in [5.41, 5.74) is 8.94. The van der Waals surface area contributed by atoms with Gasteiger partial charge < -0.3 is 4.57 Å². The molecule has 0 radical (unpaired) electrons. The Hall–Kier alpha value is -4.37. The van der Waals surface area contributed by atoms with Crippen LogP contribution in [0.2, 0.25) is 0 Å². The first-order chi connectivity index (χ1) is 21.0. The summed E-state index contributed by atoms with van der Waals surface area (Å²) < 4.78 is 4.75. The van der Waals surface area contributed by atoms with E-state index in [4.69, 9.17) is 4.99 Å². The molecule has 0 saturated heterocycles. The summed E-state index contributed by atoms with van der Waals surface area (Å²) in [6.07, 6.45) is 18.9. The van der Waals surface area contributed by atoms with Crippen LogP contribution >= 0.6 is 0 Å². The molecule has 0 fully saturated rings. The molecule has 5 aromatic rings. The van der Waals surface area contributed by atoms with Gasteiger partial charge in [0.1, 0.15) is 5.84 Å². The van der Waals surface area contributed by atoms with Gasteiger partial charge in [0.25, 0.3) is 0 Å². The highest BCUT2D eigenvalue weighted by atomic mass is 15.1. The minimum atomic E-state index is 0.0426. The van der Waals surface area contributed by atoms with Gasteiger partial charge in [-0.1, -0.05) is 115 Å². The van der Waals surface area contributed by atoms with E-state index in [0.717, 1.165) is 18.7 Å². The van der Waals surface area contributed by atoms with E-state index in [1.165, 1.54) is 60.3 Å². The first-order valence-corrected chi connectivity index (χ1v) is 15.8. The number of aliphatic imine (C=N–C) groups is 1. The molecule has 44 heavy (non-hydrogen) atoms. The summed E-state index contributed by atoms with van der Waals surface area (Å²) >= 11 is 0. The fraction of sp³-hybridized carbons (Fsp3) is 0.293. The fourth-order valence-corrected chi connectivity index (χ4v) is 6.38. The Morgan fingerprint density at radius 3 is 2.27 bits per heavy atom. The van der Waals surface area contributed by atoms with E-state index in [1.807, 2.05) is 12.2 Å². The second kappa shape index (κ2) is 11.3. The lowest BCUT2D eigenvalue weighted by molar-refractivity contribution is 0.590. The third-order valence-electron chi connectivity index (χ3n) is 8.97. The highest BCUT2D eigenvalue weighted by Gasteiger charge is 2.23. The fourth-order valence-electron chi connectivity index (χ4n) is 6.38. The van der Waals surface area contributed by atoms with Gasteiger partial charge in [-0.05, 0) is 70.7 Å². The number of nitrogens with zero attached hydrogens (tertiary/aromatic N) is 3. The number of fused-ring (bicyclic) bond motifs is 7. The zero-order chi connectivity index (χ0) is 31.2. The minimum Gasteiger partial charge on any atom is -0.344 e. The number of aromatic nitrogens is 2. The summed E-state index contributed by atoms with van der Waals surface area (Å²) in [6, 6.07) is 18.6. The largest absolute Gasteiger partial charge is 0.344 e. The predicted octanol–water partition coefficient (Wildman–Crippen LogP) is 10.9. The molecule has 0 aliphatic heterocycles. The van der Waals surface area contributed by atoms with Crippen LogP contribution in [0.4, 0.5) is 0 Å². The van der Waals surface area contributed by atoms with E-state index in [-0.39, 0.29) is 10.8 Å². The van der Waals surface area contributed by atoms with Crippen molar-refractivity contribution in [2.24, 2.45) is 12.0 Å². The summed E-state index contributed by atoms with van der Waals surface area (Å²) in [7, 11) is 2.20. The first kappa shape index (κ1) is 29.7. The lowest BCUT2D eigenvalue weighted by Gasteiger charge is -2.19. The van der Waals surface area contributed by atoms with Crippen LogP contribution in [0, 0.1) is 0 Å². The molecule has 0 N–H and O–H groups in total. The van der Waals surface area contributed by atoms with E-state index < -0.39 is 0 Å². The molecular formula is C41H45N3. The number of hydrogen-bond acceptors (Lipinski definition) is 1. The number of allylic oxidation sites excluding steroid dienone is 8. The van der Waals surface area contributed by atoms with Crippen LogP contribution in [-0.2, 0) is 17.9 Å². The van der Waals surface area contributed by atoms with Gasteiger partial charge in [-0.2, -0.15) is 0 Å². The Balaban J connectivity index is 1.72. The predicted molar refractivity (Wildman–Crippen MR) is 193 cm³/mol. The zero-order valence-electron chi connectivity index (χ0n) is 27.4. The molecule has 0 saturated carbocycles. The molecule has 3 nitrogen and oxygen atoms in total. The SMILES string of the molecule is C=C/C=C\C(=NC/C1=C/C=C\CC=CC1)n1c2ccc(C(C)(C)C)cc2c2ccc3c(c4ccc(C(C)(C)C)cc4n3C)c21. The second-order valence-corrected chi connectivity index (χ2v) is 14.1. The molecule has 224 valence electrons. The summed E-state index contributed by atoms with van der Waals surface area (Å²) in [6.45, 7) is 18.3. The molecule has 1 aliphatic rings. The van der Waals surface area contributed by atoms with Crippen molar-refractivity contribution in [1.82, 2.24) is 9.13 Å². The van der Waals surface area contributed by atoms with Gasteiger partial charge in [-0.3, -0.25) is 9.56 Å². The number of benzene rings is 3. The van der Waals surface area contributed by atoms with Crippen molar-refractivity contribution in [2.75, 3.05) is 6.54 Å². The maximum atomic E-state index is 5.31. The lowest BCUT2D eigenvalue weighted by Crippen LogP contribution is -2.12. The van der Waals surface area contributed by atoms with Gasteiger partial charge >= 0.3 is 0 Å². The van der Waals surface area contributed by atoms with Crippen LogP contribution in [0.15, 0.2) is 114 Å². The molecule has 0 amide bonds. The van der Waals surface area contributed by atoms with Gasteiger partial charge in [-0.15, -0.1) is 0 Å². The van der Waals surface area contributed by atoms with E-state index in [2.05, 4.69) is 149 Å². The third kappa shape index (κ3) is 5.30. The molecule has 2 heterocycles. The molecule has 3 aromatic carbocycles.